The molecule has 0 heterocycles. The van der Waals surface area contributed by atoms with E-state index in [9.17, 15) is 25.2 Å². The molecule has 216 valence electrons. The topological polar surface area (TPSA) is 0 Å². The van der Waals surface area contributed by atoms with Gasteiger partial charge in [-0.1, -0.05) is 0 Å². The summed E-state index contributed by atoms with van der Waals surface area (Å²) in [6.07, 6.45) is 0. The molecule has 0 saturated carbocycles. The predicted octanol–water partition coefficient (Wildman–Crippen LogP) is 11.6. The first kappa shape index (κ1) is 28.9. The molecule has 8 aromatic rings. The molecular weight excluding hydrogens is 692 g/mol. The van der Waals surface area contributed by atoms with Gasteiger partial charge < -0.3 is 0 Å². The van der Waals surface area contributed by atoms with Gasteiger partial charge in [0, 0.05) is 0 Å². The van der Waals surface area contributed by atoms with Gasteiger partial charge in [-0.25, -0.2) is 0 Å². The van der Waals surface area contributed by atoms with Crippen molar-refractivity contribution in [2.24, 2.45) is 0 Å². The maximum absolute atomic E-state index is 10.7. The molecule has 0 radical (unpaired) electrons. The number of benzene rings is 8. The minimum atomic E-state index is -10.7. The fourth-order valence-corrected chi connectivity index (χ4v) is 10.5. The maximum atomic E-state index is 9.87. The van der Waals surface area contributed by atoms with E-state index in [1.807, 2.05) is 0 Å². The molecule has 8 heteroatoms. The Hall–Kier alpha value is -3.80. The molecule has 0 bridgehead atoms. The Labute approximate surface area is 259 Å². The summed E-state index contributed by atoms with van der Waals surface area (Å²) in [4.78, 5) is 0. The summed E-state index contributed by atoms with van der Waals surface area (Å²) in [6, 6.07) is 50.0. The molecular formula is C36H22F6InP. The molecule has 0 spiro atoms. The van der Waals surface area contributed by atoms with E-state index in [4.69, 9.17) is 0 Å². The molecule has 8 aromatic carbocycles. The molecule has 0 nitrogen and oxygen atoms in total. The molecule has 0 atom stereocenters. The SMILES string of the molecule is F[P-](F)(F)(F)(F)F.c1ccc2cc3c(ccc4[c]([In+][c]5cccc6c5ccc5cc7ccccc7cc56)cccc43)cc2c1. The van der Waals surface area contributed by atoms with Gasteiger partial charge in [-0.2, -0.15) is 0 Å². The van der Waals surface area contributed by atoms with Crippen LogP contribution in [0.3, 0.4) is 0 Å². The molecule has 0 fully saturated rings. The third kappa shape index (κ3) is 6.22. The Morgan fingerprint density at radius 3 is 1.07 bits per heavy atom. The average Bonchev–Trinajstić information content (AvgIpc) is 2.97. The van der Waals surface area contributed by atoms with Crippen LogP contribution in [-0.2, 0) is 0 Å². The van der Waals surface area contributed by atoms with Crippen molar-refractivity contribution in [3.63, 3.8) is 0 Å². The van der Waals surface area contributed by atoms with Gasteiger partial charge in [0.15, 0.2) is 0 Å². The van der Waals surface area contributed by atoms with Crippen molar-refractivity contribution in [2.45, 2.75) is 0 Å². The zero-order valence-electron chi connectivity index (χ0n) is 23.0. The normalized spacial score (nSPS) is 13.5. The second kappa shape index (κ2) is 9.85. The summed E-state index contributed by atoms with van der Waals surface area (Å²) in [5, 5.41) is 16.2. The first-order chi connectivity index (χ1) is 20.8. The van der Waals surface area contributed by atoms with Gasteiger partial charge >= 0.3 is 261 Å². The van der Waals surface area contributed by atoms with Gasteiger partial charge in [0.25, 0.3) is 0 Å². The Morgan fingerprint density at radius 2 is 0.682 bits per heavy atom. The van der Waals surface area contributed by atoms with Crippen LogP contribution in [0.2, 0.25) is 0 Å². The van der Waals surface area contributed by atoms with Crippen LogP contribution in [-0.4, -0.2) is 22.9 Å². The van der Waals surface area contributed by atoms with E-state index in [0.29, 0.717) is 0 Å². The molecule has 0 N–H and O–H groups in total. The Morgan fingerprint density at radius 1 is 0.318 bits per heavy atom. The van der Waals surface area contributed by atoms with E-state index >= 15 is 0 Å². The summed E-state index contributed by atoms with van der Waals surface area (Å²) < 4.78 is 62.3. The van der Waals surface area contributed by atoms with E-state index in [0.717, 1.165) is 0 Å². The van der Waals surface area contributed by atoms with Gasteiger partial charge in [-0.15, -0.1) is 0 Å². The van der Waals surface area contributed by atoms with Gasteiger partial charge in [0.2, 0.25) is 0 Å². The number of rotatable bonds is 2. The molecule has 0 amide bonds. The van der Waals surface area contributed by atoms with Crippen molar-refractivity contribution in [3.05, 3.63) is 133 Å². The van der Waals surface area contributed by atoms with Crippen LogP contribution in [0.5, 0.6) is 0 Å². The zero-order chi connectivity index (χ0) is 30.8. The van der Waals surface area contributed by atoms with Gasteiger partial charge in [-0.3, -0.25) is 0 Å². The number of halogens is 6. The molecule has 0 saturated heterocycles. The fourth-order valence-electron chi connectivity index (χ4n) is 6.03. The van der Waals surface area contributed by atoms with Gasteiger partial charge in [-0.05, 0) is 0 Å². The van der Waals surface area contributed by atoms with E-state index < -0.39 is 30.7 Å². The third-order valence-corrected chi connectivity index (χ3v) is 12.5. The summed E-state index contributed by atoms with van der Waals surface area (Å²) in [6.45, 7) is 0. The van der Waals surface area contributed by atoms with Crippen LogP contribution < -0.4 is 6.64 Å². The minimum absolute atomic E-state index is 1.28. The van der Waals surface area contributed by atoms with Crippen molar-refractivity contribution in [2.75, 3.05) is 0 Å². The Bertz CT molecular complexity index is 2250. The van der Waals surface area contributed by atoms with E-state index in [1.165, 1.54) is 64.6 Å². The van der Waals surface area contributed by atoms with Crippen LogP contribution in [0.25, 0.3) is 64.6 Å². The van der Waals surface area contributed by atoms with E-state index in [-0.39, 0.29) is 0 Å². The first-order valence-corrected chi connectivity index (χ1v) is 19.2. The summed E-state index contributed by atoms with van der Waals surface area (Å²) >= 11 is -1.28. The molecule has 44 heavy (non-hydrogen) atoms. The van der Waals surface area contributed by atoms with E-state index in [2.05, 4.69) is 133 Å². The molecule has 0 aliphatic carbocycles. The molecule has 0 unspecified atom stereocenters. The van der Waals surface area contributed by atoms with Crippen LogP contribution in [0, 0.1) is 0 Å². The van der Waals surface area contributed by atoms with Crippen LogP contribution in [0.1, 0.15) is 0 Å². The quantitative estimate of drug-likeness (QED) is 0.0724. The predicted molar refractivity (Wildman–Crippen MR) is 177 cm³/mol. The average molecular weight is 714 g/mol. The summed E-state index contributed by atoms with van der Waals surface area (Å²) in [7, 11) is -10.7. The second-order valence-electron chi connectivity index (χ2n) is 11.0. The van der Waals surface area contributed by atoms with Crippen molar-refractivity contribution < 1.29 is 25.2 Å². The monoisotopic (exact) mass is 714 g/mol. The van der Waals surface area contributed by atoms with Crippen molar-refractivity contribution in [1.29, 1.82) is 0 Å². The fraction of sp³-hybridized carbons (Fsp3) is 0. The number of fused-ring (bicyclic) bond motifs is 8. The number of hydrogen-bond donors (Lipinski definition) is 0. The van der Waals surface area contributed by atoms with Crippen molar-refractivity contribution in [1.82, 2.24) is 0 Å². The van der Waals surface area contributed by atoms with Crippen molar-refractivity contribution >= 4 is 102 Å². The Kier molecular flexibility index (Phi) is 6.48. The van der Waals surface area contributed by atoms with Gasteiger partial charge in [0.1, 0.15) is 0 Å². The second-order valence-corrected chi connectivity index (χ2v) is 17.3. The summed E-state index contributed by atoms with van der Waals surface area (Å²) in [5.41, 5.74) is 0. The van der Waals surface area contributed by atoms with Gasteiger partial charge in [0.05, 0.1) is 0 Å². The molecule has 8 rings (SSSR count). The number of hydrogen-bond acceptors (Lipinski definition) is 0. The first-order valence-electron chi connectivity index (χ1n) is 13.9. The van der Waals surface area contributed by atoms with Crippen LogP contribution >= 0.6 is 7.81 Å². The molecule has 0 aromatic heterocycles. The van der Waals surface area contributed by atoms with Crippen molar-refractivity contribution in [3.8, 4) is 0 Å². The standard InChI is InChI=1S/2C18H11.F6P.In/c2*1-2-7-15-12-18-16(11-14(15)6-1)10-9-13-5-3-4-8-17(13)18;1-7(2,3,4,5)6;/h2*1-4,6-12H;;/q;;-1;+1. The van der Waals surface area contributed by atoms with E-state index in [1.54, 1.807) is 6.64 Å². The van der Waals surface area contributed by atoms with Crippen LogP contribution in [0.15, 0.2) is 133 Å². The third-order valence-electron chi connectivity index (χ3n) is 7.87. The Balaban J connectivity index is 0.000000403. The molecule has 0 aliphatic heterocycles. The van der Waals surface area contributed by atoms with Crippen LogP contribution in [0.4, 0.5) is 25.2 Å². The summed E-state index contributed by atoms with van der Waals surface area (Å²) in [5.74, 6) is 0. The zero-order valence-corrected chi connectivity index (χ0v) is 27.2. The molecule has 0 aliphatic rings.